The molecule has 0 unspecified atom stereocenters. The van der Waals surface area contributed by atoms with Gasteiger partial charge in [0.1, 0.15) is 6.10 Å². The van der Waals surface area contributed by atoms with Gasteiger partial charge in [0.15, 0.2) is 6.10 Å². The first-order chi connectivity index (χ1) is 11.0. The number of carboxylic acid groups (broad SMARTS) is 1. The Morgan fingerprint density at radius 1 is 1.26 bits per heavy atom. The van der Waals surface area contributed by atoms with E-state index in [9.17, 15) is 14.4 Å². The fraction of sp³-hybridized carbons (Fsp3) is 0.600. The van der Waals surface area contributed by atoms with Gasteiger partial charge in [0.2, 0.25) is 5.91 Å². The molecule has 8 heteroatoms. The summed E-state index contributed by atoms with van der Waals surface area (Å²) in [6.45, 7) is 3.95. The Balaban J connectivity index is 2.05. The molecule has 126 valence electrons. The summed E-state index contributed by atoms with van der Waals surface area (Å²) in [5, 5.41) is 18.0. The van der Waals surface area contributed by atoms with E-state index in [-0.39, 0.29) is 12.1 Å². The molecule has 1 fully saturated rings. The molecule has 23 heavy (non-hydrogen) atoms. The number of aromatic nitrogens is 2. The molecular formula is C15H21N3O5. The minimum atomic E-state index is -1.06. The van der Waals surface area contributed by atoms with Crippen molar-refractivity contribution in [3.05, 3.63) is 27.2 Å². The molecule has 2 heterocycles. The Morgan fingerprint density at radius 3 is 2.52 bits per heavy atom. The van der Waals surface area contributed by atoms with Crippen LogP contribution in [0.25, 0.3) is 0 Å². The Bertz CT molecular complexity index is 655. The Kier molecular flexibility index (Phi) is 5.49. The Hall–Kier alpha value is -2.22. The van der Waals surface area contributed by atoms with E-state index in [1.807, 2.05) is 13.8 Å². The van der Waals surface area contributed by atoms with Crippen molar-refractivity contribution in [1.29, 1.82) is 0 Å². The van der Waals surface area contributed by atoms with Crippen LogP contribution in [-0.4, -0.2) is 39.4 Å². The topological polar surface area (TPSA) is 121 Å². The number of nitrogens with one attached hydrogen (secondary N) is 2. The molecule has 0 bridgehead atoms. The molecule has 3 N–H and O–H groups in total. The number of aryl methyl sites for hydroxylation is 1. The summed E-state index contributed by atoms with van der Waals surface area (Å²) in [5.41, 5.74) is 1.81. The monoisotopic (exact) mass is 323 g/mol. The van der Waals surface area contributed by atoms with Crippen molar-refractivity contribution in [2.45, 2.75) is 58.3 Å². The lowest BCUT2D eigenvalue weighted by molar-refractivity contribution is -0.151. The van der Waals surface area contributed by atoms with Gasteiger partial charge in [0, 0.05) is 12.1 Å². The number of amides is 1. The third kappa shape index (κ3) is 3.76. The zero-order valence-electron chi connectivity index (χ0n) is 13.2. The lowest BCUT2D eigenvalue weighted by Crippen LogP contribution is -2.37. The van der Waals surface area contributed by atoms with Crippen molar-refractivity contribution in [3.8, 4) is 0 Å². The van der Waals surface area contributed by atoms with E-state index in [1.165, 1.54) is 0 Å². The van der Waals surface area contributed by atoms with Gasteiger partial charge >= 0.3 is 5.97 Å². The summed E-state index contributed by atoms with van der Waals surface area (Å²) >= 11 is 0. The smallest absolute Gasteiger partial charge is 0.332 e. The quantitative estimate of drug-likeness (QED) is 0.685. The maximum Gasteiger partial charge on any atom is 0.332 e. The van der Waals surface area contributed by atoms with Crippen molar-refractivity contribution < 1.29 is 19.4 Å². The SMILES string of the molecule is CCc1n[nH]c(=O)c(CNC(=O)[C@@H]2CC[C@H](C(=O)O)O2)c1CC. The first kappa shape index (κ1) is 17.1. The number of carbonyl (C=O) groups excluding carboxylic acids is 1. The van der Waals surface area contributed by atoms with Crippen LogP contribution in [0.15, 0.2) is 4.79 Å². The van der Waals surface area contributed by atoms with Gasteiger partial charge in [0.05, 0.1) is 5.69 Å². The van der Waals surface area contributed by atoms with Crippen LogP contribution in [0.1, 0.15) is 43.5 Å². The first-order valence-corrected chi connectivity index (χ1v) is 7.73. The lowest BCUT2D eigenvalue weighted by atomic mass is 10.0. The fourth-order valence-electron chi connectivity index (χ4n) is 2.76. The second-order valence-electron chi connectivity index (χ2n) is 5.41. The lowest BCUT2D eigenvalue weighted by Gasteiger charge is -2.14. The molecule has 1 aliphatic rings. The molecule has 1 aromatic rings. The van der Waals surface area contributed by atoms with E-state index < -0.39 is 24.1 Å². The van der Waals surface area contributed by atoms with Gasteiger partial charge < -0.3 is 15.2 Å². The molecule has 2 atom stereocenters. The van der Waals surface area contributed by atoms with Crippen LogP contribution in [0.5, 0.6) is 0 Å². The third-order valence-corrected chi connectivity index (χ3v) is 3.99. The number of carboxylic acids is 1. The van der Waals surface area contributed by atoms with Crippen molar-refractivity contribution in [1.82, 2.24) is 15.5 Å². The second-order valence-corrected chi connectivity index (χ2v) is 5.41. The summed E-state index contributed by atoms with van der Waals surface area (Å²) in [6.07, 6.45) is 0.277. The molecule has 0 spiro atoms. The fourth-order valence-corrected chi connectivity index (χ4v) is 2.76. The van der Waals surface area contributed by atoms with Crippen LogP contribution in [0, 0.1) is 0 Å². The molecule has 1 amide bonds. The van der Waals surface area contributed by atoms with Crippen LogP contribution < -0.4 is 10.9 Å². The summed E-state index contributed by atoms with van der Waals surface area (Å²) < 4.78 is 5.19. The van der Waals surface area contributed by atoms with E-state index in [2.05, 4.69) is 15.5 Å². The average Bonchev–Trinajstić information content (AvgIpc) is 3.03. The van der Waals surface area contributed by atoms with Gasteiger partial charge in [-0.15, -0.1) is 0 Å². The van der Waals surface area contributed by atoms with E-state index in [0.29, 0.717) is 31.2 Å². The molecule has 1 aliphatic heterocycles. The number of ether oxygens (including phenoxy) is 1. The van der Waals surface area contributed by atoms with Crippen molar-refractivity contribution in [2.24, 2.45) is 0 Å². The van der Waals surface area contributed by atoms with Crippen LogP contribution >= 0.6 is 0 Å². The Morgan fingerprint density at radius 2 is 1.96 bits per heavy atom. The zero-order chi connectivity index (χ0) is 17.0. The molecule has 0 aliphatic carbocycles. The molecule has 0 aromatic carbocycles. The van der Waals surface area contributed by atoms with Gasteiger partial charge in [-0.3, -0.25) is 9.59 Å². The summed E-state index contributed by atoms with van der Waals surface area (Å²) in [4.78, 5) is 34.9. The van der Waals surface area contributed by atoms with E-state index >= 15 is 0 Å². The molecule has 8 nitrogen and oxygen atoms in total. The maximum absolute atomic E-state index is 12.1. The van der Waals surface area contributed by atoms with Gasteiger partial charge in [-0.05, 0) is 31.2 Å². The predicted octanol–water partition coefficient (Wildman–Crippen LogP) is 0.143. The van der Waals surface area contributed by atoms with Crippen LogP contribution in [0.3, 0.4) is 0 Å². The third-order valence-electron chi connectivity index (χ3n) is 3.99. The van der Waals surface area contributed by atoms with Gasteiger partial charge in [0.25, 0.3) is 5.56 Å². The minimum Gasteiger partial charge on any atom is -0.479 e. The maximum atomic E-state index is 12.1. The van der Waals surface area contributed by atoms with Crippen LogP contribution in [0.4, 0.5) is 0 Å². The number of rotatable bonds is 6. The standard InChI is InChI=1S/C15H21N3O5/c1-3-8-9(13(19)18-17-10(8)4-2)7-16-14(20)11-5-6-12(23-11)15(21)22/h11-12H,3-7H2,1-2H3,(H,16,20)(H,18,19)(H,21,22)/t11-,12+/m0/s1. The van der Waals surface area contributed by atoms with Crippen molar-refractivity contribution >= 4 is 11.9 Å². The number of aromatic amines is 1. The summed E-state index contributed by atoms with van der Waals surface area (Å²) in [6, 6.07) is 0. The van der Waals surface area contributed by atoms with E-state index in [1.54, 1.807) is 0 Å². The number of H-pyrrole nitrogens is 1. The highest BCUT2D eigenvalue weighted by molar-refractivity contribution is 5.82. The normalized spacial score (nSPS) is 20.4. The van der Waals surface area contributed by atoms with Crippen LogP contribution in [-0.2, 0) is 33.7 Å². The second kappa shape index (κ2) is 7.36. The molecule has 1 aromatic heterocycles. The highest BCUT2D eigenvalue weighted by atomic mass is 16.5. The predicted molar refractivity (Wildman–Crippen MR) is 81.0 cm³/mol. The van der Waals surface area contributed by atoms with Gasteiger partial charge in [-0.2, -0.15) is 5.10 Å². The van der Waals surface area contributed by atoms with Crippen molar-refractivity contribution in [2.75, 3.05) is 0 Å². The highest BCUT2D eigenvalue weighted by Crippen LogP contribution is 2.20. The molecule has 0 saturated carbocycles. The number of hydrogen-bond donors (Lipinski definition) is 3. The number of aliphatic carboxylic acids is 1. The summed E-state index contributed by atoms with van der Waals surface area (Å²) in [7, 11) is 0. The molecule has 2 rings (SSSR count). The van der Waals surface area contributed by atoms with E-state index in [4.69, 9.17) is 9.84 Å². The number of hydrogen-bond acceptors (Lipinski definition) is 5. The van der Waals surface area contributed by atoms with E-state index in [0.717, 1.165) is 11.3 Å². The van der Waals surface area contributed by atoms with Gasteiger partial charge in [-0.1, -0.05) is 13.8 Å². The summed E-state index contributed by atoms with van der Waals surface area (Å²) in [5.74, 6) is -1.46. The minimum absolute atomic E-state index is 0.0739. The zero-order valence-corrected chi connectivity index (χ0v) is 13.2. The molecule has 0 radical (unpaired) electrons. The van der Waals surface area contributed by atoms with Crippen molar-refractivity contribution in [3.63, 3.8) is 0 Å². The van der Waals surface area contributed by atoms with Crippen LogP contribution in [0.2, 0.25) is 0 Å². The first-order valence-electron chi connectivity index (χ1n) is 7.73. The number of carbonyl (C=O) groups is 2. The highest BCUT2D eigenvalue weighted by Gasteiger charge is 2.34. The largest absolute Gasteiger partial charge is 0.479 e. The van der Waals surface area contributed by atoms with Gasteiger partial charge in [-0.25, -0.2) is 9.89 Å². The average molecular weight is 323 g/mol. The molecule has 1 saturated heterocycles. The number of nitrogens with zero attached hydrogens (tertiary/aromatic N) is 1. The Labute approximate surface area is 133 Å². The molecular weight excluding hydrogens is 302 g/mol.